The molecule has 1 aromatic heterocycles. The van der Waals surface area contributed by atoms with Crippen LogP contribution in [0, 0.1) is 17.3 Å². The van der Waals surface area contributed by atoms with Crippen molar-refractivity contribution >= 4 is 16.9 Å². The van der Waals surface area contributed by atoms with E-state index in [9.17, 15) is 10.4 Å². The first-order chi connectivity index (χ1) is 6.63. The van der Waals surface area contributed by atoms with E-state index < -0.39 is 0 Å². The molecule has 0 spiro atoms. The molecule has 0 aliphatic rings. The van der Waals surface area contributed by atoms with Crippen LogP contribution in [0.2, 0.25) is 0 Å². The Morgan fingerprint density at radius 3 is 2.14 bits per heavy atom. The number of rotatable bonds is 0. The number of hydrogen-bond acceptors (Lipinski definition) is 3. The molecular weight excluding hydrogens is 182 g/mol. The topological polar surface area (TPSA) is 79.9 Å². The van der Waals surface area contributed by atoms with Crippen molar-refractivity contribution in [3.63, 3.8) is 0 Å². The maximum Gasteiger partial charge on any atom is 0.345 e. The summed E-state index contributed by atoms with van der Waals surface area (Å²) < 4.78 is 1.23. The van der Waals surface area contributed by atoms with Gasteiger partial charge in [0.2, 0.25) is 5.52 Å². The second-order valence-electron chi connectivity index (χ2n) is 3.05. The molecule has 0 fully saturated rings. The van der Waals surface area contributed by atoms with Crippen LogP contribution in [0.25, 0.3) is 11.0 Å². The Morgan fingerprint density at radius 1 is 1.07 bits per heavy atom. The highest BCUT2D eigenvalue weighted by Crippen LogP contribution is 2.08. The Balaban J connectivity index is 3.02. The van der Waals surface area contributed by atoms with Gasteiger partial charge in [-0.05, 0) is 6.07 Å². The van der Waals surface area contributed by atoms with Gasteiger partial charge in [-0.25, -0.2) is 4.73 Å². The van der Waals surface area contributed by atoms with Gasteiger partial charge in [0, 0.05) is 13.0 Å². The van der Waals surface area contributed by atoms with Crippen LogP contribution in [0.3, 0.4) is 0 Å². The number of nitrogens with zero attached hydrogens (tertiary/aromatic N) is 2. The van der Waals surface area contributed by atoms with E-state index in [-0.39, 0.29) is 17.0 Å². The molecular formula is C9H9N3O2. The van der Waals surface area contributed by atoms with Crippen molar-refractivity contribution in [2.24, 2.45) is 0 Å². The number of nitrogens with two attached hydrogens (primary N) is 1. The lowest BCUT2D eigenvalue weighted by molar-refractivity contribution is -0.623. The molecule has 0 radical (unpaired) electrons. The highest BCUT2D eigenvalue weighted by Gasteiger charge is 2.18. The molecule has 0 amide bonds. The standard InChI is InChI=1S/C9H9N3O2/c1-6-9(10)12(14)8-5-3-2-4-7(8)11(6)13/h2-5H,10H2,1H3. The van der Waals surface area contributed by atoms with E-state index in [2.05, 4.69) is 0 Å². The molecule has 0 atom stereocenters. The van der Waals surface area contributed by atoms with Gasteiger partial charge in [-0.15, -0.1) is 0 Å². The lowest BCUT2D eigenvalue weighted by Crippen LogP contribution is -2.43. The summed E-state index contributed by atoms with van der Waals surface area (Å²) in [6, 6.07) is 6.54. The predicted molar refractivity (Wildman–Crippen MR) is 51.0 cm³/mol. The second kappa shape index (κ2) is 2.73. The van der Waals surface area contributed by atoms with Gasteiger partial charge in [-0.1, -0.05) is 12.1 Å². The molecule has 1 heterocycles. The molecule has 0 saturated heterocycles. The van der Waals surface area contributed by atoms with Crippen molar-refractivity contribution in [3.8, 4) is 0 Å². The van der Waals surface area contributed by atoms with Crippen LogP contribution in [0.15, 0.2) is 24.3 Å². The van der Waals surface area contributed by atoms with E-state index >= 15 is 0 Å². The fourth-order valence-electron chi connectivity index (χ4n) is 1.37. The molecule has 0 saturated carbocycles. The van der Waals surface area contributed by atoms with Gasteiger partial charge >= 0.3 is 5.82 Å². The Labute approximate surface area is 80.2 Å². The molecule has 5 heteroatoms. The van der Waals surface area contributed by atoms with E-state index in [1.807, 2.05) is 0 Å². The van der Waals surface area contributed by atoms with Crippen LogP contribution in [0.1, 0.15) is 5.69 Å². The first-order valence-corrected chi connectivity index (χ1v) is 4.13. The van der Waals surface area contributed by atoms with Crippen LogP contribution in [-0.4, -0.2) is 0 Å². The SMILES string of the molecule is Cc1c(N)[n+]([O-])c2ccccc2[n+]1[O-]. The third kappa shape index (κ3) is 0.953. The van der Waals surface area contributed by atoms with Crippen LogP contribution in [0.4, 0.5) is 5.82 Å². The molecule has 0 unspecified atom stereocenters. The summed E-state index contributed by atoms with van der Waals surface area (Å²) in [4.78, 5) is 0. The summed E-state index contributed by atoms with van der Waals surface area (Å²) in [7, 11) is 0. The predicted octanol–water partition coefficient (Wildman–Crippen LogP) is -0.00278. The van der Waals surface area contributed by atoms with E-state index in [4.69, 9.17) is 5.73 Å². The lowest BCUT2D eigenvalue weighted by Gasteiger charge is -2.10. The molecule has 2 N–H and O–H groups in total. The Kier molecular flexibility index (Phi) is 1.67. The summed E-state index contributed by atoms with van der Waals surface area (Å²) in [5.74, 6) is -0.0568. The minimum Gasteiger partial charge on any atom is -0.710 e. The highest BCUT2D eigenvalue weighted by molar-refractivity contribution is 5.68. The minimum atomic E-state index is -0.0568. The zero-order chi connectivity index (χ0) is 10.3. The Morgan fingerprint density at radius 2 is 1.57 bits per heavy atom. The fraction of sp³-hybridized carbons (Fsp3) is 0.111. The Bertz CT molecular complexity index is 464. The fourth-order valence-corrected chi connectivity index (χ4v) is 1.37. The number of para-hydroxylation sites is 2. The van der Waals surface area contributed by atoms with Crippen LogP contribution < -0.4 is 15.2 Å². The summed E-state index contributed by atoms with van der Waals surface area (Å²) in [5, 5.41) is 23.1. The maximum absolute atomic E-state index is 11.6. The van der Waals surface area contributed by atoms with Gasteiger partial charge in [-0.3, -0.25) is 5.73 Å². The molecule has 0 aliphatic carbocycles. The number of aromatic nitrogens is 2. The van der Waals surface area contributed by atoms with Crippen LogP contribution >= 0.6 is 0 Å². The molecule has 0 aliphatic heterocycles. The Hall–Kier alpha value is -2.04. The van der Waals surface area contributed by atoms with Crippen LogP contribution in [0.5, 0.6) is 0 Å². The number of fused-ring (bicyclic) bond motifs is 1. The maximum atomic E-state index is 11.6. The molecule has 72 valence electrons. The molecule has 0 bridgehead atoms. The van der Waals surface area contributed by atoms with Crippen molar-refractivity contribution in [2.45, 2.75) is 6.92 Å². The van der Waals surface area contributed by atoms with E-state index in [1.54, 1.807) is 24.3 Å². The summed E-state index contributed by atoms with van der Waals surface area (Å²) in [6.07, 6.45) is 0. The minimum absolute atomic E-state index is 0.0568. The number of benzene rings is 1. The van der Waals surface area contributed by atoms with Gasteiger partial charge in [0.25, 0.3) is 11.2 Å². The smallest absolute Gasteiger partial charge is 0.345 e. The third-order valence-corrected chi connectivity index (χ3v) is 2.21. The van der Waals surface area contributed by atoms with Crippen molar-refractivity contribution < 1.29 is 9.46 Å². The molecule has 2 rings (SSSR count). The van der Waals surface area contributed by atoms with Crippen molar-refractivity contribution in [2.75, 3.05) is 5.73 Å². The number of nitrogen functional groups attached to an aromatic ring is 1. The molecule has 2 aromatic rings. The van der Waals surface area contributed by atoms with Crippen LogP contribution in [-0.2, 0) is 0 Å². The molecule has 14 heavy (non-hydrogen) atoms. The van der Waals surface area contributed by atoms with Crippen molar-refractivity contribution in [1.82, 2.24) is 0 Å². The largest absolute Gasteiger partial charge is 0.710 e. The summed E-state index contributed by atoms with van der Waals surface area (Å²) in [5.41, 5.74) is 6.31. The highest BCUT2D eigenvalue weighted by atomic mass is 16.5. The third-order valence-electron chi connectivity index (χ3n) is 2.21. The zero-order valence-corrected chi connectivity index (χ0v) is 7.60. The van der Waals surface area contributed by atoms with E-state index in [0.717, 1.165) is 0 Å². The quantitative estimate of drug-likeness (QED) is 0.470. The number of hydrogen-bond donors (Lipinski definition) is 1. The van der Waals surface area contributed by atoms with E-state index in [0.29, 0.717) is 15.0 Å². The zero-order valence-electron chi connectivity index (χ0n) is 7.60. The second-order valence-corrected chi connectivity index (χ2v) is 3.05. The lowest BCUT2D eigenvalue weighted by atomic mass is 10.3. The monoisotopic (exact) mass is 191 g/mol. The number of anilines is 1. The van der Waals surface area contributed by atoms with Crippen molar-refractivity contribution in [1.29, 1.82) is 0 Å². The first kappa shape index (κ1) is 8.55. The van der Waals surface area contributed by atoms with Gasteiger partial charge in [0.1, 0.15) is 0 Å². The first-order valence-electron chi connectivity index (χ1n) is 4.13. The molecule has 5 nitrogen and oxygen atoms in total. The summed E-state index contributed by atoms with van der Waals surface area (Å²) >= 11 is 0. The molecule has 1 aromatic carbocycles. The van der Waals surface area contributed by atoms with Gasteiger partial charge in [0.05, 0.1) is 0 Å². The summed E-state index contributed by atoms with van der Waals surface area (Å²) in [6.45, 7) is 1.52. The average molecular weight is 191 g/mol. The van der Waals surface area contributed by atoms with Gasteiger partial charge in [-0.2, -0.15) is 4.73 Å². The normalized spacial score (nSPS) is 10.6. The van der Waals surface area contributed by atoms with E-state index in [1.165, 1.54) is 6.92 Å². The van der Waals surface area contributed by atoms with Gasteiger partial charge < -0.3 is 10.4 Å². The average Bonchev–Trinajstić information content (AvgIpc) is 2.23. The van der Waals surface area contributed by atoms with Gasteiger partial charge in [0.15, 0.2) is 0 Å². The van der Waals surface area contributed by atoms with Crippen molar-refractivity contribution in [3.05, 3.63) is 40.4 Å².